The van der Waals surface area contributed by atoms with Crippen LogP contribution in [0, 0.1) is 20.2 Å². The molecule has 6 nitrogen and oxygen atoms in total. The average Bonchev–Trinajstić information content (AvgIpc) is 2.75. The lowest BCUT2D eigenvalue weighted by Gasteiger charge is -1.99. The molecule has 0 aliphatic heterocycles. The second-order valence-electron chi connectivity index (χ2n) is 3.79. The molecule has 1 aromatic carbocycles. The number of rotatable bonds is 5. The van der Waals surface area contributed by atoms with Gasteiger partial charge in [0.05, 0.1) is 9.85 Å². The number of halogens is 2. The molecule has 1 aromatic heterocycles. The predicted octanol–water partition coefficient (Wildman–Crippen LogP) is 5.16. The zero-order valence-electron chi connectivity index (χ0n) is 10.1. The van der Waals surface area contributed by atoms with Crippen molar-refractivity contribution in [2.45, 2.75) is 9.96 Å². The first-order valence-electron chi connectivity index (χ1n) is 5.38. The summed E-state index contributed by atoms with van der Waals surface area (Å²) in [6, 6.07) is 6.97. The van der Waals surface area contributed by atoms with Crippen molar-refractivity contribution in [3.05, 3.63) is 59.4 Å². The zero-order chi connectivity index (χ0) is 15.6. The van der Waals surface area contributed by atoms with Gasteiger partial charge in [0.25, 0.3) is 0 Å². The highest BCUT2D eigenvalue weighted by Crippen LogP contribution is 2.49. The lowest BCUT2D eigenvalue weighted by Crippen LogP contribution is -1.94. The number of nitrogens with zero attached hydrogens (tertiary/aromatic N) is 2. The van der Waals surface area contributed by atoms with E-state index in [-0.39, 0.29) is 8.55 Å². The maximum atomic E-state index is 11.0. The van der Waals surface area contributed by atoms with Crippen molar-refractivity contribution in [3.63, 3.8) is 0 Å². The van der Waals surface area contributed by atoms with Gasteiger partial charge in [-0.1, -0.05) is 35.3 Å². The quantitative estimate of drug-likeness (QED) is 0.415. The number of thiophene rings is 1. The van der Waals surface area contributed by atoms with Crippen molar-refractivity contribution in [2.24, 2.45) is 0 Å². The molecule has 0 fully saturated rings. The molecule has 0 radical (unpaired) electrons. The van der Waals surface area contributed by atoms with Crippen LogP contribution in [0.4, 0.5) is 11.4 Å². The summed E-state index contributed by atoms with van der Waals surface area (Å²) >= 11 is 13.5. The molecule has 2 rings (SSSR count). The first kappa shape index (κ1) is 16.0. The van der Waals surface area contributed by atoms with Crippen LogP contribution in [0.3, 0.4) is 0 Å². The lowest BCUT2D eigenvalue weighted by molar-refractivity contribution is -0.423. The largest absolute Gasteiger partial charge is 0.376 e. The van der Waals surface area contributed by atoms with Gasteiger partial charge < -0.3 is 0 Å². The van der Waals surface area contributed by atoms with E-state index in [1.165, 1.54) is 0 Å². The third kappa shape index (κ3) is 3.65. The molecule has 0 bridgehead atoms. The Balaban J connectivity index is 2.28. The Kier molecular flexibility index (Phi) is 5.04. The normalized spacial score (nSPS) is 10.6. The van der Waals surface area contributed by atoms with Gasteiger partial charge in [0, 0.05) is 10.8 Å². The molecular weight excluding hydrogens is 359 g/mol. The van der Waals surface area contributed by atoms with Gasteiger partial charge in [0.1, 0.15) is 4.21 Å². The number of thioether (sulfide) groups is 1. The molecule has 0 N–H and O–H groups in total. The summed E-state index contributed by atoms with van der Waals surface area (Å²) in [5.74, 6) is 0.423. The van der Waals surface area contributed by atoms with Gasteiger partial charge in [-0.15, -0.1) is 23.1 Å². The standard InChI is InChI=1S/C11H6Cl2N2O4S2/c12-7-3-1-6(2-4-7)5-20-11-9(15(18)19)8(14(16)17)10(13)21-11/h1-4H,5H2. The van der Waals surface area contributed by atoms with Gasteiger partial charge in [0.2, 0.25) is 0 Å². The number of benzene rings is 1. The molecule has 10 heteroatoms. The molecule has 0 saturated carbocycles. The lowest BCUT2D eigenvalue weighted by atomic mass is 10.2. The van der Waals surface area contributed by atoms with Crippen molar-refractivity contribution in [1.29, 1.82) is 0 Å². The van der Waals surface area contributed by atoms with E-state index < -0.39 is 21.2 Å². The minimum atomic E-state index is -0.830. The van der Waals surface area contributed by atoms with Crippen LogP contribution in [0.2, 0.25) is 9.36 Å². The SMILES string of the molecule is O=[N+]([O-])c1c(Cl)sc(SCc2ccc(Cl)cc2)c1[N+](=O)[O-]. The van der Waals surface area contributed by atoms with Crippen molar-refractivity contribution >= 4 is 57.7 Å². The van der Waals surface area contributed by atoms with Crippen molar-refractivity contribution in [2.75, 3.05) is 0 Å². The van der Waals surface area contributed by atoms with Gasteiger partial charge in [-0.3, -0.25) is 20.2 Å². The second-order valence-corrected chi connectivity index (χ2v) is 7.09. The summed E-state index contributed by atoms with van der Waals surface area (Å²) in [4.78, 5) is 20.3. The van der Waals surface area contributed by atoms with Gasteiger partial charge in [-0.25, -0.2) is 0 Å². The molecule has 0 atom stereocenters. The Labute approximate surface area is 137 Å². The minimum Gasteiger partial charge on any atom is -0.258 e. The van der Waals surface area contributed by atoms with Gasteiger partial charge in [0.15, 0.2) is 4.34 Å². The molecule has 0 aliphatic rings. The molecule has 0 unspecified atom stereocenters. The zero-order valence-corrected chi connectivity index (χ0v) is 13.3. The van der Waals surface area contributed by atoms with Gasteiger partial charge in [-0.05, 0) is 17.7 Å². The van der Waals surface area contributed by atoms with E-state index >= 15 is 0 Å². The van der Waals surface area contributed by atoms with E-state index in [0.29, 0.717) is 10.8 Å². The van der Waals surface area contributed by atoms with E-state index in [1.807, 2.05) is 0 Å². The predicted molar refractivity (Wildman–Crippen MR) is 83.7 cm³/mol. The molecule has 21 heavy (non-hydrogen) atoms. The first-order valence-corrected chi connectivity index (χ1v) is 7.94. The Morgan fingerprint density at radius 1 is 1.05 bits per heavy atom. The van der Waals surface area contributed by atoms with Crippen LogP contribution < -0.4 is 0 Å². The Morgan fingerprint density at radius 2 is 1.62 bits per heavy atom. The van der Waals surface area contributed by atoms with Gasteiger partial charge in [-0.2, -0.15) is 0 Å². The Bertz CT molecular complexity index is 703. The van der Waals surface area contributed by atoms with E-state index in [0.717, 1.165) is 28.7 Å². The summed E-state index contributed by atoms with van der Waals surface area (Å²) in [6.07, 6.45) is 0. The molecule has 1 heterocycles. The molecule has 0 saturated heterocycles. The summed E-state index contributed by atoms with van der Waals surface area (Å²) in [7, 11) is 0. The molecule has 0 spiro atoms. The molecule has 110 valence electrons. The van der Waals surface area contributed by atoms with E-state index in [1.54, 1.807) is 24.3 Å². The van der Waals surface area contributed by atoms with Crippen molar-refractivity contribution in [1.82, 2.24) is 0 Å². The Morgan fingerprint density at radius 3 is 2.14 bits per heavy atom. The monoisotopic (exact) mass is 364 g/mol. The van der Waals surface area contributed by atoms with E-state index in [4.69, 9.17) is 23.2 Å². The fourth-order valence-corrected chi connectivity index (χ4v) is 4.33. The second kappa shape index (κ2) is 6.61. The third-order valence-electron chi connectivity index (χ3n) is 2.43. The smallest absolute Gasteiger partial charge is 0.258 e. The molecular formula is C11H6Cl2N2O4S2. The number of nitro groups is 2. The summed E-state index contributed by atoms with van der Waals surface area (Å²) in [5, 5.41) is 22.5. The van der Waals surface area contributed by atoms with Crippen LogP contribution >= 0.6 is 46.3 Å². The maximum absolute atomic E-state index is 11.0. The highest BCUT2D eigenvalue weighted by molar-refractivity contribution is 8.00. The van der Waals surface area contributed by atoms with E-state index in [9.17, 15) is 20.2 Å². The summed E-state index contributed by atoms with van der Waals surface area (Å²) < 4.78 is 0.0250. The third-order valence-corrected chi connectivity index (χ3v) is 5.38. The Hall–Kier alpha value is -1.35. The van der Waals surface area contributed by atoms with Crippen molar-refractivity contribution < 1.29 is 9.85 Å². The number of hydrogen-bond donors (Lipinski definition) is 0. The number of hydrogen-bond acceptors (Lipinski definition) is 6. The van der Waals surface area contributed by atoms with Crippen LogP contribution in [-0.4, -0.2) is 9.85 Å². The summed E-state index contributed by atoms with van der Waals surface area (Å²) in [6.45, 7) is 0. The average molecular weight is 365 g/mol. The minimum absolute atomic E-state index is 0.190. The molecule has 0 amide bonds. The fourth-order valence-electron chi connectivity index (χ4n) is 1.51. The van der Waals surface area contributed by atoms with Crippen LogP contribution in [0.1, 0.15) is 5.56 Å². The van der Waals surface area contributed by atoms with Crippen LogP contribution in [-0.2, 0) is 5.75 Å². The first-order chi connectivity index (χ1) is 9.90. The summed E-state index contributed by atoms with van der Waals surface area (Å²) in [5.41, 5.74) is -0.301. The highest BCUT2D eigenvalue weighted by atomic mass is 35.5. The maximum Gasteiger partial charge on any atom is 0.376 e. The van der Waals surface area contributed by atoms with Gasteiger partial charge >= 0.3 is 11.4 Å². The van der Waals surface area contributed by atoms with E-state index in [2.05, 4.69) is 0 Å². The molecule has 0 aliphatic carbocycles. The highest BCUT2D eigenvalue weighted by Gasteiger charge is 2.36. The topological polar surface area (TPSA) is 86.3 Å². The fraction of sp³-hybridized carbons (Fsp3) is 0.0909. The molecule has 2 aromatic rings. The van der Waals surface area contributed by atoms with Crippen LogP contribution in [0.25, 0.3) is 0 Å². The van der Waals surface area contributed by atoms with Crippen LogP contribution in [0.15, 0.2) is 28.5 Å². The van der Waals surface area contributed by atoms with Crippen LogP contribution in [0.5, 0.6) is 0 Å². The van der Waals surface area contributed by atoms with Crippen molar-refractivity contribution in [3.8, 4) is 0 Å².